The summed E-state index contributed by atoms with van der Waals surface area (Å²) in [6.07, 6.45) is 0.970. The van der Waals surface area contributed by atoms with Gasteiger partial charge in [-0.05, 0) is 64.6 Å². The maximum absolute atomic E-state index is 6.56. The Morgan fingerprint density at radius 3 is 2.33 bits per heavy atom. The molecule has 1 nitrogen and oxygen atoms in total. The van der Waals surface area contributed by atoms with E-state index in [2.05, 4.69) is 97.1 Å². The van der Waals surface area contributed by atoms with Crippen LogP contribution in [0.4, 0.5) is 0 Å². The fourth-order valence-corrected chi connectivity index (χ4v) is 6.73. The molecule has 2 aromatic heterocycles. The smallest absolute Gasteiger partial charge is 0.143 e. The van der Waals surface area contributed by atoms with Crippen molar-refractivity contribution in [2.45, 2.75) is 6.42 Å². The van der Waals surface area contributed by atoms with Crippen molar-refractivity contribution in [2.24, 2.45) is 0 Å². The summed E-state index contributed by atoms with van der Waals surface area (Å²) >= 11 is 1.86. The first kappa shape index (κ1) is 17.6. The van der Waals surface area contributed by atoms with Crippen molar-refractivity contribution in [3.8, 4) is 22.3 Å². The first-order chi connectivity index (χ1) is 16.3. The highest BCUT2D eigenvalue weighted by atomic mass is 32.1. The molecule has 0 spiro atoms. The topological polar surface area (TPSA) is 13.1 Å². The van der Waals surface area contributed by atoms with Crippen LogP contribution in [0.5, 0.6) is 0 Å². The maximum Gasteiger partial charge on any atom is 0.143 e. The second-order valence-electron chi connectivity index (χ2n) is 8.90. The lowest BCUT2D eigenvalue weighted by Crippen LogP contribution is -1.88. The van der Waals surface area contributed by atoms with Gasteiger partial charge in [0.15, 0.2) is 0 Å². The van der Waals surface area contributed by atoms with Gasteiger partial charge in [-0.1, -0.05) is 66.7 Å². The number of thiophene rings is 1. The van der Waals surface area contributed by atoms with Gasteiger partial charge in [-0.25, -0.2) is 0 Å². The lowest BCUT2D eigenvalue weighted by atomic mass is 9.91. The summed E-state index contributed by atoms with van der Waals surface area (Å²) < 4.78 is 9.22. The van der Waals surface area contributed by atoms with Crippen LogP contribution in [0.15, 0.2) is 101 Å². The number of hydrogen-bond donors (Lipinski definition) is 0. The molecule has 8 rings (SSSR count). The normalized spacial score (nSPS) is 12.7. The van der Waals surface area contributed by atoms with Crippen LogP contribution in [0.3, 0.4) is 0 Å². The summed E-state index contributed by atoms with van der Waals surface area (Å²) in [5, 5.41) is 5.05. The quantitative estimate of drug-likeness (QED) is 0.249. The Balaban J connectivity index is 1.54. The Labute approximate surface area is 194 Å². The van der Waals surface area contributed by atoms with Gasteiger partial charge >= 0.3 is 0 Å². The van der Waals surface area contributed by atoms with E-state index in [-0.39, 0.29) is 0 Å². The number of fused-ring (bicyclic) bond motifs is 9. The molecule has 1 aliphatic rings. The lowest BCUT2D eigenvalue weighted by molar-refractivity contribution is 0.670. The van der Waals surface area contributed by atoms with Gasteiger partial charge in [0.05, 0.1) is 0 Å². The monoisotopic (exact) mass is 438 g/mol. The minimum Gasteiger partial charge on any atom is -0.455 e. The highest BCUT2D eigenvalue weighted by molar-refractivity contribution is 7.25. The summed E-state index contributed by atoms with van der Waals surface area (Å²) in [4.78, 5) is 0. The highest BCUT2D eigenvalue weighted by Crippen LogP contribution is 2.49. The van der Waals surface area contributed by atoms with E-state index in [0.29, 0.717) is 0 Å². The van der Waals surface area contributed by atoms with Crippen molar-refractivity contribution in [3.63, 3.8) is 0 Å². The maximum atomic E-state index is 6.56. The second-order valence-corrected chi connectivity index (χ2v) is 9.99. The minimum atomic E-state index is 0.952. The fraction of sp³-hybridized carbons (Fsp3) is 0.0323. The zero-order valence-electron chi connectivity index (χ0n) is 17.8. The molecule has 0 aliphatic heterocycles. The molecule has 0 saturated heterocycles. The molecule has 1 aliphatic carbocycles. The first-order valence-electron chi connectivity index (χ1n) is 11.3. The summed E-state index contributed by atoms with van der Waals surface area (Å²) in [5.74, 6) is 0. The first-order valence-corrected chi connectivity index (χ1v) is 12.1. The molecule has 5 aromatic carbocycles. The summed E-state index contributed by atoms with van der Waals surface area (Å²) in [7, 11) is 0. The molecule has 33 heavy (non-hydrogen) atoms. The van der Waals surface area contributed by atoms with Gasteiger partial charge in [-0.15, -0.1) is 11.3 Å². The SMILES string of the molecule is c1ccc2c(c1)Cc1cc3c(oc4ccccc43)c(-c3ccc4sc5ccccc5c4c3)c1-2. The Hall–Kier alpha value is -3.88. The molecule has 154 valence electrons. The van der Waals surface area contributed by atoms with Crippen LogP contribution >= 0.6 is 11.3 Å². The molecular weight excluding hydrogens is 420 g/mol. The van der Waals surface area contributed by atoms with Crippen molar-refractivity contribution in [2.75, 3.05) is 0 Å². The molecule has 0 unspecified atom stereocenters. The van der Waals surface area contributed by atoms with E-state index < -0.39 is 0 Å². The van der Waals surface area contributed by atoms with Gasteiger partial charge in [-0.2, -0.15) is 0 Å². The molecule has 0 amide bonds. The molecule has 0 saturated carbocycles. The Morgan fingerprint density at radius 2 is 1.36 bits per heavy atom. The van der Waals surface area contributed by atoms with Crippen molar-refractivity contribution < 1.29 is 4.42 Å². The van der Waals surface area contributed by atoms with Gasteiger partial charge in [0.1, 0.15) is 11.2 Å². The van der Waals surface area contributed by atoms with Gasteiger partial charge in [0.2, 0.25) is 0 Å². The van der Waals surface area contributed by atoms with E-state index >= 15 is 0 Å². The third kappa shape index (κ3) is 2.36. The zero-order valence-corrected chi connectivity index (χ0v) is 18.6. The van der Waals surface area contributed by atoms with E-state index in [0.717, 1.165) is 17.6 Å². The second kappa shape index (κ2) is 6.34. The van der Waals surface area contributed by atoms with Gasteiger partial charge in [0.25, 0.3) is 0 Å². The van der Waals surface area contributed by atoms with E-state index in [4.69, 9.17) is 4.42 Å². The Bertz CT molecular complexity index is 1900. The van der Waals surface area contributed by atoms with E-state index in [1.165, 1.54) is 64.3 Å². The molecule has 0 radical (unpaired) electrons. The highest BCUT2D eigenvalue weighted by Gasteiger charge is 2.27. The molecule has 0 N–H and O–H groups in total. The fourth-order valence-electron chi connectivity index (χ4n) is 5.64. The lowest BCUT2D eigenvalue weighted by Gasteiger charge is -2.12. The van der Waals surface area contributed by atoms with E-state index in [1.807, 2.05) is 11.3 Å². The number of furan rings is 1. The van der Waals surface area contributed by atoms with Crippen LogP contribution in [0.25, 0.3) is 64.4 Å². The predicted octanol–water partition coefficient (Wildman–Crippen LogP) is 9.19. The molecule has 0 atom stereocenters. The number of para-hydroxylation sites is 1. The Kier molecular flexibility index (Phi) is 3.39. The van der Waals surface area contributed by atoms with Gasteiger partial charge in [0, 0.05) is 36.5 Å². The average molecular weight is 439 g/mol. The standard InChI is InChI=1S/C31H18OS/c1-2-8-21-18(7-1)15-20-17-25-22-9-3-5-11-26(22)32-31(25)30(29(20)21)19-13-14-28-24(16-19)23-10-4-6-12-27(23)33-28/h1-14,16-17H,15H2. The zero-order chi connectivity index (χ0) is 21.5. The largest absolute Gasteiger partial charge is 0.455 e. The van der Waals surface area contributed by atoms with Crippen LogP contribution in [0.1, 0.15) is 11.1 Å². The summed E-state index contributed by atoms with van der Waals surface area (Å²) in [6, 6.07) is 35.2. The minimum absolute atomic E-state index is 0.952. The van der Waals surface area contributed by atoms with Gasteiger partial charge in [-0.3, -0.25) is 0 Å². The van der Waals surface area contributed by atoms with Gasteiger partial charge < -0.3 is 4.42 Å². The van der Waals surface area contributed by atoms with Crippen LogP contribution in [0.2, 0.25) is 0 Å². The Morgan fingerprint density at radius 1 is 0.576 bits per heavy atom. The van der Waals surface area contributed by atoms with Crippen molar-refractivity contribution in [3.05, 3.63) is 108 Å². The summed E-state index contributed by atoms with van der Waals surface area (Å²) in [6.45, 7) is 0. The van der Waals surface area contributed by atoms with Crippen LogP contribution in [-0.2, 0) is 6.42 Å². The summed E-state index contributed by atoms with van der Waals surface area (Å²) in [5.41, 5.74) is 9.84. The number of benzene rings is 5. The van der Waals surface area contributed by atoms with Crippen molar-refractivity contribution in [1.82, 2.24) is 0 Å². The third-order valence-electron chi connectivity index (χ3n) is 7.08. The molecule has 0 fully saturated rings. The van der Waals surface area contributed by atoms with Crippen LogP contribution < -0.4 is 0 Å². The van der Waals surface area contributed by atoms with Crippen LogP contribution in [-0.4, -0.2) is 0 Å². The number of hydrogen-bond acceptors (Lipinski definition) is 2. The third-order valence-corrected chi connectivity index (χ3v) is 8.24. The van der Waals surface area contributed by atoms with E-state index in [1.54, 1.807) is 0 Å². The van der Waals surface area contributed by atoms with Crippen molar-refractivity contribution >= 4 is 53.4 Å². The molecule has 7 aromatic rings. The molecule has 2 heterocycles. The molecule has 0 bridgehead atoms. The number of rotatable bonds is 1. The molecule has 2 heteroatoms. The van der Waals surface area contributed by atoms with Crippen LogP contribution in [0, 0.1) is 0 Å². The average Bonchev–Trinajstić information content (AvgIpc) is 3.53. The van der Waals surface area contributed by atoms with Crippen molar-refractivity contribution in [1.29, 1.82) is 0 Å². The van der Waals surface area contributed by atoms with E-state index in [9.17, 15) is 0 Å². The predicted molar refractivity (Wildman–Crippen MR) is 140 cm³/mol. The molecular formula is C31H18OS.